The van der Waals surface area contributed by atoms with E-state index in [1.807, 2.05) is 4.90 Å². The Morgan fingerprint density at radius 1 is 1.10 bits per heavy atom. The molecule has 0 spiro atoms. The van der Waals surface area contributed by atoms with Gasteiger partial charge in [0, 0.05) is 25.2 Å². The van der Waals surface area contributed by atoms with Crippen molar-refractivity contribution in [3.63, 3.8) is 0 Å². The maximum absolute atomic E-state index is 15.2. The molecule has 8 heteroatoms. The molecule has 3 N–H and O–H groups in total. The summed E-state index contributed by atoms with van der Waals surface area (Å²) >= 11 is 0. The minimum absolute atomic E-state index is 0.0392. The summed E-state index contributed by atoms with van der Waals surface area (Å²) in [5, 5.41) is 8.50. The van der Waals surface area contributed by atoms with Gasteiger partial charge in [-0.1, -0.05) is 0 Å². The van der Waals surface area contributed by atoms with Gasteiger partial charge in [0.1, 0.15) is 17.5 Å². The summed E-state index contributed by atoms with van der Waals surface area (Å²) in [4.78, 5) is 25.1. The van der Waals surface area contributed by atoms with E-state index in [-0.39, 0.29) is 30.0 Å². The Hall–Kier alpha value is -2.22. The number of piperidine rings is 3. The van der Waals surface area contributed by atoms with Gasteiger partial charge in [-0.2, -0.15) is 0 Å². The Bertz CT molecular complexity index is 774. The number of nitrogens with one attached hydrogen (secondary N) is 3. The molecule has 3 heterocycles. The molecule has 3 saturated heterocycles. The van der Waals surface area contributed by atoms with E-state index in [0.29, 0.717) is 43.7 Å². The fraction of sp³-hybridized carbons (Fsp3) is 0.619. The summed E-state index contributed by atoms with van der Waals surface area (Å²) in [7, 11) is 0. The third-order valence-electron chi connectivity index (χ3n) is 6.53. The van der Waals surface area contributed by atoms with Crippen LogP contribution in [0.4, 0.5) is 20.2 Å². The number of halogens is 2. The number of carbonyl (C=O) groups excluding carboxylic acids is 2. The van der Waals surface area contributed by atoms with Gasteiger partial charge < -0.3 is 15.5 Å². The largest absolute Gasteiger partial charge is 0.374 e. The van der Waals surface area contributed by atoms with Crippen LogP contribution in [-0.2, 0) is 9.59 Å². The second-order valence-electron chi connectivity index (χ2n) is 8.36. The molecule has 1 aromatic rings. The average Bonchev–Trinajstić information content (AvgIpc) is 2.71. The van der Waals surface area contributed by atoms with Gasteiger partial charge >= 0.3 is 0 Å². The second-order valence-corrected chi connectivity index (χ2v) is 8.36. The lowest BCUT2D eigenvalue weighted by Crippen LogP contribution is -2.48. The van der Waals surface area contributed by atoms with E-state index in [1.54, 1.807) is 12.1 Å². The van der Waals surface area contributed by atoms with Crippen LogP contribution < -0.4 is 20.9 Å². The van der Waals surface area contributed by atoms with Gasteiger partial charge in [0.15, 0.2) is 0 Å². The highest BCUT2D eigenvalue weighted by molar-refractivity contribution is 6.01. The molecule has 0 saturated carbocycles. The maximum atomic E-state index is 15.2. The van der Waals surface area contributed by atoms with Gasteiger partial charge in [-0.25, -0.2) is 8.78 Å². The Morgan fingerprint density at radius 3 is 2.48 bits per heavy atom. The summed E-state index contributed by atoms with van der Waals surface area (Å²) in [5.74, 6) is -0.988. The molecule has 0 aromatic heterocycles. The van der Waals surface area contributed by atoms with E-state index in [4.69, 9.17) is 0 Å². The van der Waals surface area contributed by atoms with Crippen LogP contribution in [0.2, 0.25) is 0 Å². The smallest absolute Gasteiger partial charge is 0.249 e. The van der Waals surface area contributed by atoms with Crippen LogP contribution in [0.25, 0.3) is 0 Å². The van der Waals surface area contributed by atoms with Crippen LogP contribution >= 0.6 is 0 Å². The first kappa shape index (κ1) is 20.1. The highest BCUT2D eigenvalue weighted by Crippen LogP contribution is 2.39. The first-order chi connectivity index (χ1) is 13.9. The Morgan fingerprint density at radius 2 is 1.83 bits per heavy atom. The second kappa shape index (κ2) is 8.26. The molecule has 29 heavy (non-hydrogen) atoms. The summed E-state index contributed by atoms with van der Waals surface area (Å²) in [6.07, 6.45) is 3.24. The minimum Gasteiger partial charge on any atom is -0.374 e. The minimum atomic E-state index is -1.09. The van der Waals surface area contributed by atoms with Crippen LogP contribution in [0, 0.1) is 11.7 Å². The van der Waals surface area contributed by atoms with Gasteiger partial charge in [0.25, 0.3) is 0 Å². The molecule has 158 valence electrons. The first-order valence-electron chi connectivity index (χ1n) is 10.5. The van der Waals surface area contributed by atoms with Crippen LogP contribution in [0.5, 0.6) is 0 Å². The van der Waals surface area contributed by atoms with Crippen molar-refractivity contribution in [1.82, 2.24) is 10.6 Å². The summed E-state index contributed by atoms with van der Waals surface area (Å²) in [6.45, 7) is 2.74. The molecule has 1 unspecified atom stereocenters. The molecule has 0 bridgehead atoms. The van der Waals surface area contributed by atoms with Crippen molar-refractivity contribution >= 4 is 23.2 Å². The number of nitrogens with zero attached hydrogens (tertiary/aromatic N) is 1. The molecule has 1 atom stereocenters. The molecule has 3 fully saturated rings. The Balaban J connectivity index is 1.36. The molecular formula is C21H28F2N4O2. The normalized spacial score (nSPS) is 25.6. The van der Waals surface area contributed by atoms with Crippen LogP contribution in [0.1, 0.15) is 38.5 Å². The van der Waals surface area contributed by atoms with Crippen molar-refractivity contribution in [3.8, 4) is 0 Å². The van der Waals surface area contributed by atoms with Crippen molar-refractivity contribution in [2.75, 3.05) is 36.4 Å². The van der Waals surface area contributed by atoms with Gasteiger partial charge in [0.05, 0.1) is 5.69 Å². The number of alkyl halides is 1. The van der Waals surface area contributed by atoms with Crippen molar-refractivity contribution < 1.29 is 18.4 Å². The van der Waals surface area contributed by atoms with E-state index in [2.05, 4.69) is 16.0 Å². The zero-order valence-corrected chi connectivity index (χ0v) is 16.5. The number of anilines is 2. The Labute approximate surface area is 169 Å². The highest BCUT2D eigenvalue weighted by Gasteiger charge is 2.41. The van der Waals surface area contributed by atoms with Crippen LogP contribution in [0.15, 0.2) is 18.2 Å². The summed E-state index contributed by atoms with van der Waals surface area (Å²) in [6, 6.07) is 4.30. The topological polar surface area (TPSA) is 73.5 Å². The van der Waals surface area contributed by atoms with Crippen LogP contribution in [-0.4, -0.2) is 49.7 Å². The number of carbonyl (C=O) groups is 2. The SMILES string of the molecule is O=C1CCC(Nc2ccc(N3CCC(C4(F)CCNCC4)CC3)c(F)c2)C(=O)N1. The predicted octanol–water partition coefficient (Wildman–Crippen LogP) is 2.35. The molecule has 0 aliphatic carbocycles. The van der Waals surface area contributed by atoms with Gasteiger partial charge in [0.2, 0.25) is 11.8 Å². The van der Waals surface area contributed by atoms with E-state index in [9.17, 15) is 14.0 Å². The Kier molecular flexibility index (Phi) is 5.72. The highest BCUT2D eigenvalue weighted by atomic mass is 19.1. The molecule has 3 aliphatic heterocycles. The zero-order chi connectivity index (χ0) is 20.4. The summed E-state index contributed by atoms with van der Waals surface area (Å²) in [5.41, 5.74) is -0.0745. The van der Waals surface area contributed by atoms with Gasteiger partial charge in [-0.15, -0.1) is 0 Å². The standard InChI is InChI=1S/C21H28F2N4O2/c22-16-13-15(25-17-2-4-19(28)26-20(17)29)1-3-18(16)27-11-5-14(6-12-27)21(23)7-9-24-10-8-21/h1,3,13-14,17,24-25H,2,4-12H2,(H,26,28,29). The fourth-order valence-corrected chi connectivity index (χ4v) is 4.77. The monoisotopic (exact) mass is 406 g/mol. The van der Waals surface area contributed by atoms with Crippen LogP contribution in [0.3, 0.4) is 0 Å². The molecular weight excluding hydrogens is 378 g/mol. The number of imide groups is 1. The quantitative estimate of drug-likeness (QED) is 0.670. The van der Waals surface area contributed by atoms with E-state index < -0.39 is 11.7 Å². The van der Waals surface area contributed by atoms with E-state index in [0.717, 1.165) is 25.9 Å². The molecule has 3 aliphatic rings. The number of hydrogen-bond acceptors (Lipinski definition) is 5. The number of rotatable bonds is 4. The molecule has 0 radical (unpaired) electrons. The lowest BCUT2D eigenvalue weighted by atomic mass is 9.76. The lowest BCUT2D eigenvalue weighted by Gasteiger charge is -2.42. The average molecular weight is 406 g/mol. The third-order valence-corrected chi connectivity index (χ3v) is 6.53. The van der Waals surface area contributed by atoms with Gasteiger partial charge in [-0.05, 0) is 69.3 Å². The van der Waals surface area contributed by atoms with Crippen molar-refractivity contribution in [2.24, 2.45) is 5.92 Å². The fourth-order valence-electron chi connectivity index (χ4n) is 4.77. The summed E-state index contributed by atoms with van der Waals surface area (Å²) < 4.78 is 30.0. The predicted molar refractivity (Wildman–Crippen MR) is 107 cm³/mol. The molecule has 2 amide bonds. The number of benzene rings is 1. The zero-order valence-electron chi connectivity index (χ0n) is 16.5. The third kappa shape index (κ3) is 4.37. The van der Waals surface area contributed by atoms with Crippen molar-refractivity contribution in [2.45, 2.75) is 50.2 Å². The molecule has 4 rings (SSSR count). The van der Waals surface area contributed by atoms with E-state index >= 15 is 4.39 Å². The van der Waals surface area contributed by atoms with Crippen molar-refractivity contribution in [1.29, 1.82) is 0 Å². The first-order valence-corrected chi connectivity index (χ1v) is 10.5. The number of amides is 2. The molecule has 1 aromatic carbocycles. The maximum Gasteiger partial charge on any atom is 0.249 e. The van der Waals surface area contributed by atoms with E-state index in [1.165, 1.54) is 6.07 Å². The molecule has 6 nitrogen and oxygen atoms in total. The lowest BCUT2D eigenvalue weighted by molar-refractivity contribution is -0.133. The number of hydrogen-bond donors (Lipinski definition) is 3. The van der Waals surface area contributed by atoms with Gasteiger partial charge in [-0.3, -0.25) is 14.9 Å². The van der Waals surface area contributed by atoms with Crippen molar-refractivity contribution in [3.05, 3.63) is 24.0 Å².